The highest BCUT2D eigenvalue weighted by atomic mass is 32.2. The third-order valence-electron chi connectivity index (χ3n) is 6.01. The van der Waals surface area contributed by atoms with E-state index in [1.165, 1.54) is 14.9 Å². The highest BCUT2D eigenvalue weighted by molar-refractivity contribution is 7.92. The van der Waals surface area contributed by atoms with Crippen molar-refractivity contribution < 1.29 is 21.6 Å². The smallest absolute Gasteiger partial charge is 0.264 e. The second kappa shape index (κ2) is 8.44. The number of aryl methyl sites for hydroxylation is 1. The molecule has 31 heavy (non-hydrogen) atoms. The molecule has 4 rings (SSSR count). The predicted molar refractivity (Wildman–Crippen MR) is 120 cm³/mol. The summed E-state index contributed by atoms with van der Waals surface area (Å²) in [5, 5.41) is 0. The van der Waals surface area contributed by atoms with Crippen molar-refractivity contribution in [3.8, 4) is 5.75 Å². The monoisotopic (exact) mass is 464 g/mol. The van der Waals surface area contributed by atoms with Gasteiger partial charge >= 0.3 is 0 Å². The largest absolute Gasteiger partial charge is 0.490 e. The van der Waals surface area contributed by atoms with E-state index >= 15 is 0 Å². The van der Waals surface area contributed by atoms with E-state index in [4.69, 9.17) is 4.74 Å². The summed E-state index contributed by atoms with van der Waals surface area (Å²) in [6, 6.07) is 14.1. The Labute approximate surface area is 184 Å². The summed E-state index contributed by atoms with van der Waals surface area (Å²) in [5.41, 5.74) is 1.80. The number of hydrogen-bond acceptors (Lipinski definition) is 5. The van der Waals surface area contributed by atoms with Gasteiger partial charge in [0.25, 0.3) is 10.0 Å². The second-order valence-corrected chi connectivity index (χ2v) is 12.1. The summed E-state index contributed by atoms with van der Waals surface area (Å²) in [4.78, 5) is 0.232. The Kier molecular flexibility index (Phi) is 6.02. The van der Waals surface area contributed by atoms with Crippen molar-refractivity contribution in [3.63, 3.8) is 0 Å². The molecule has 2 aromatic carbocycles. The summed E-state index contributed by atoms with van der Waals surface area (Å²) in [6.45, 7) is 2.80. The van der Waals surface area contributed by atoms with E-state index in [-0.39, 0.29) is 17.0 Å². The molecule has 0 N–H and O–H groups in total. The quantitative estimate of drug-likeness (QED) is 0.679. The molecule has 1 atom stereocenters. The third kappa shape index (κ3) is 4.58. The van der Waals surface area contributed by atoms with Crippen LogP contribution in [0.4, 0.5) is 5.69 Å². The number of para-hydroxylation sites is 1. The summed E-state index contributed by atoms with van der Waals surface area (Å²) in [5.74, 6) is 0.587. The predicted octanol–water partition coefficient (Wildman–Crippen LogP) is 3.02. The number of piperidine rings is 1. The maximum atomic E-state index is 13.4. The van der Waals surface area contributed by atoms with Crippen molar-refractivity contribution in [2.45, 2.75) is 49.6 Å². The Balaban J connectivity index is 1.48. The van der Waals surface area contributed by atoms with Gasteiger partial charge in [-0.3, -0.25) is 4.31 Å². The van der Waals surface area contributed by atoms with Gasteiger partial charge < -0.3 is 4.74 Å². The lowest BCUT2D eigenvalue weighted by Crippen LogP contribution is -2.42. The van der Waals surface area contributed by atoms with Crippen molar-refractivity contribution in [1.29, 1.82) is 0 Å². The zero-order valence-electron chi connectivity index (χ0n) is 17.8. The number of rotatable bonds is 5. The average Bonchev–Trinajstić information content (AvgIpc) is 2.73. The average molecular weight is 465 g/mol. The molecule has 0 aliphatic carbocycles. The lowest BCUT2D eigenvalue weighted by atomic mass is 9.99. The zero-order valence-corrected chi connectivity index (χ0v) is 19.4. The van der Waals surface area contributed by atoms with Crippen LogP contribution in [0.2, 0.25) is 0 Å². The van der Waals surface area contributed by atoms with E-state index in [0.29, 0.717) is 31.7 Å². The molecule has 168 valence electrons. The number of nitrogens with zero attached hydrogens (tertiary/aromatic N) is 2. The van der Waals surface area contributed by atoms with Gasteiger partial charge in [-0.15, -0.1) is 0 Å². The SMILES string of the molecule is CC1CCc2ccccc2N1S(=O)(=O)c1ccc(OC2CCN(S(C)(=O)=O)CC2)cc1. The molecule has 0 spiro atoms. The van der Waals surface area contributed by atoms with Crippen LogP contribution in [0.5, 0.6) is 5.75 Å². The lowest BCUT2D eigenvalue weighted by Gasteiger charge is -2.36. The molecule has 7 nitrogen and oxygen atoms in total. The van der Waals surface area contributed by atoms with Gasteiger partial charge in [0.15, 0.2) is 0 Å². The number of fused-ring (bicyclic) bond motifs is 1. The topological polar surface area (TPSA) is 84.0 Å². The Morgan fingerprint density at radius 3 is 2.19 bits per heavy atom. The van der Waals surface area contributed by atoms with Gasteiger partial charge in [-0.1, -0.05) is 18.2 Å². The molecule has 0 bridgehead atoms. The molecule has 9 heteroatoms. The molecule has 2 aliphatic rings. The van der Waals surface area contributed by atoms with Gasteiger partial charge in [-0.2, -0.15) is 0 Å². The Morgan fingerprint density at radius 2 is 1.55 bits per heavy atom. The van der Waals surface area contributed by atoms with Crippen LogP contribution in [0.25, 0.3) is 0 Å². The van der Waals surface area contributed by atoms with Crippen LogP contribution in [0.15, 0.2) is 53.4 Å². The van der Waals surface area contributed by atoms with E-state index in [2.05, 4.69) is 0 Å². The van der Waals surface area contributed by atoms with Crippen LogP contribution in [-0.2, 0) is 26.5 Å². The molecule has 1 fully saturated rings. The fourth-order valence-electron chi connectivity index (χ4n) is 4.30. The second-order valence-electron chi connectivity index (χ2n) is 8.27. The lowest BCUT2D eigenvalue weighted by molar-refractivity contribution is 0.135. The molecule has 2 heterocycles. The van der Waals surface area contributed by atoms with Gasteiger partial charge in [0, 0.05) is 19.1 Å². The fourth-order valence-corrected chi connectivity index (χ4v) is 6.90. The molecule has 2 aromatic rings. The Morgan fingerprint density at radius 1 is 0.903 bits per heavy atom. The minimum atomic E-state index is -3.69. The number of anilines is 1. The van der Waals surface area contributed by atoms with Gasteiger partial charge in [-0.05, 0) is 68.5 Å². The minimum Gasteiger partial charge on any atom is -0.490 e. The van der Waals surface area contributed by atoms with Crippen molar-refractivity contribution in [3.05, 3.63) is 54.1 Å². The van der Waals surface area contributed by atoms with Gasteiger partial charge in [0.1, 0.15) is 11.9 Å². The molecule has 0 saturated carbocycles. The van der Waals surface area contributed by atoms with Gasteiger partial charge in [0.2, 0.25) is 10.0 Å². The highest BCUT2D eigenvalue weighted by Crippen LogP contribution is 2.35. The number of sulfonamides is 2. The molecule has 1 saturated heterocycles. The Hall–Kier alpha value is -2.10. The van der Waals surface area contributed by atoms with E-state index < -0.39 is 20.0 Å². The normalized spacial score (nSPS) is 21.0. The van der Waals surface area contributed by atoms with Gasteiger partial charge in [0.05, 0.1) is 16.8 Å². The highest BCUT2D eigenvalue weighted by Gasteiger charge is 2.33. The molecule has 0 aromatic heterocycles. The fraction of sp³-hybridized carbons (Fsp3) is 0.455. The first-order valence-electron chi connectivity index (χ1n) is 10.5. The number of benzene rings is 2. The molecule has 0 amide bonds. The molecular formula is C22H28N2O5S2. The van der Waals surface area contributed by atoms with Crippen molar-refractivity contribution >= 4 is 25.7 Å². The van der Waals surface area contributed by atoms with Crippen LogP contribution in [0, 0.1) is 0 Å². The number of hydrogen-bond donors (Lipinski definition) is 0. The van der Waals surface area contributed by atoms with Crippen LogP contribution in [0.3, 0.4) is 0 Å². The first-order valence-corrected chi connectivity index (χ1v) is 13.8. The standard InChI is InChI=1S/C22H28N2O5S2/c1-17-7-8-18-5-3-4-6-22(18)24(17)31(27,28)21-11-9-19(10-12-21)29-20-13-15-23(16-14-20)30(2,25)26/h3-6,9-12,17,20H,7-8,13-16H2,1-2H3. The van der Waals surface area contributed by atoms with E-state index in [1.54, 1.807) is 24.3 Å². The van der Waals surface area contributed by atoms with Gasteiger partial charge in [-0.25, -0.2) is 21.1 Å². The van der Waals surface area contributed by atoms with Crippen molar-refractivity contribution in [2.24, 2.45) is 0 Å². The molecular weight excluding hydrogens is 436 g/mol. The molecule has 1 unspecified atom stereocenters. The maximum Gasteiger partial charge on any atom is 0.264 e. The van der Waals surface area contributed by atoms with Crippen molar-refractivity contribution in [1.82, 2.24) is 4.31 Å². The van der Waals surface area contributed by atoms with Crippen LogP contribution in [0.1, 0.15) is 31.7 Å². The third-order valence-corrected chi connectivity index (χ3v) is 9.26. The van der Waals surface area contributed by atoms with E-state index in [9.17, 15) is 16.8 Å². The molecule has 0 radical (unpaired) electrons. The summed E-state index contributed by atoms with van der Waals surface area (Å²) < 4.78 is 59.1. The van der Waals surface area contributed by atoms with Crippen LogP contribution < -0.4 is 9.04 Å². The summed E-state index contributed by atoms with van der Waals surface area (Å²) in [6.07, 6.45) is 3.99. The molecule has 2 aliphatic heterocycles. The summed E-state index contributed by atoms with van der Waals surface area (Å²) in [7, 11) is -6.87. The first kappa shape index (κ1) is 22.1. The number of ether oxygens (including phenoxy) is 1. The van der Waals surface area contributed by atoms with Crippen LogP contribution >= 0.6 is 0 Å². The maximum absolute atomic E-state index is 13.4. The minimum absolute atomic E-state index is 0.0885. The first-order chi connectivity index (χ1) is 14.7. The van der Waals surface area contributed by atoms with Crippen LogP contribution in [-0.4, -0.2) is 52.6 Å². The van der Waals surface area contributed by atoms with E-state index in [0.717, 1.165) is 24.1 Å². The van der Waals surface area contributed by atoms with Crippen molar-refractivity contribution in [2.75, 3.05) is 23.7 Å². The Bertz CT molecular complexity index is 1140. The zero-order chi connectivity index (χ0) is 22.2. The summed E-state index contributed by atoms with van der Waals surface area (Å²) >= 11 is 0. The van der Waals surface area contributed by atoms with E-state index in [1.807, 2.05) is 31.2 Å².